The maximum absolute atomic E-state index is 10.0. The predicted octanol–water partition coefficient (Wildman–Crippen LogP) is -2.38. The van der Waals surface area contributed by atoms with Gasteiger partial charge in [-0.1, -0.05) is 0 Å². The first-order chi connectivity index (χ1) is 10.3. The van der Waals surface area contributed by atoms with E-state index < -0.39 is 55.0 Å². The second kappa shape index (κ2) is 12.8. The van der Waals surface area contributed by atoms with Crippen LogP contribution in [0.2, 0.25) is 0 Å². The van der Waals surface area contributed by atoms with Crippen LogP contribution in [-0.2, 0) is 18.3 Å². The van der Waals surface area contributed by atoms with E-state index in [0.29, 0.717) is 6.54 Å². The Balaban J connectivity index is -0.000000301. The van der Waals surface area contributed by atoms with Gasteiger partial charge in [-0.15, -0.1) is 0 Å². The van der Waals surface area contributed by atoms with Gasteiger partial charge < -0.3 is 50.0 Å². The van der Waals surface area contributed by atoms with Crippen LogP contribution in [0.3, 0.4) is 0 Å². The van der Waals surface area contributed by atoms with Crippen LogP contribution < -0.4 is 5.73 Å². The molecule has 0 spiro atoms. The summed E-state index contributed by atoms with van der Waals surface area (Å²) in [5.41, 5.74) is 4.78. The molecule has 14 nitrogen and oxygen atoms in total. The fraction of sp³-hybridized carbons (Fsp3) is 1.00. The van der Waals surface area contributed by atoms with Crippen molar-refractivity contribution in [2.45, 2.75) is 0 Å². The van der Waals surface area contributed by atoms with Gasteiger partial charge in [-0.25, -0.2) is 0 Å². The Bertz CT molecular complexity index is 409. The van der Waals surface area contributed by atoms with Gasteiger partial charge in [0.1, 0.15) is 0 Å². The number of aliphatic hydroxyl groups excluding tert-OH is 1. The molecule has 0 aromatic heterocycles. The lowest BCUT2D eigenvalue weighted by atomic mass is 10.8. The van der Waals surface area contributed by atoms with Gasteiger partial charge in [-0.05, 0) is 0 Å². The van der Waals surface area contributed by atoms with Gasteiger partial charge in [0.2, 0.25) is 0 Å². The van der Waals surface area contributed by atoms with Crippen LogP contribution in [0.1, 0.15) is 0 Å². The maximum atomic E-state index is 10.0. The molecule has 0 fully saturated rings. The average Bonchev–Trinajstić information content (AvgIpc) is 2.32. The summed E-state index contributed by atoms with van der Waals surface area (Å²) in [6, 6.07) is 0. The van der Waals surface area contributed by atoms with E-state index in [4.69, 9.17) is 50.0 Å². The van der Waals surface area contributed by atoms with Crippen molar-refractivity contribution in [3.05, 3.63) is 0 Å². The summed E-state index contributed by atoms with van der Waals surface area (Å²) in [4.78, 5) is 65.2. The zero-order valence-electron chi connectivity index (χ0n) is 12.3. The molecule has 0 radical (unpaired) electrons. The molecule has 0 amide bonds. The third-order valence-electron chi connectivity index (χ3n) is 1.49. The molecule has 0 atom stereocenters. The largest absolute Gasteiger partial charge is 0.395 e. The molecule has 24 heavy (non-hydrogen) atoms. The molecular weight excluding hydrogens is 418 g/mol. The van der Waals surface area contributed by atoms with E-state index in [1.807, 2.05) is 0 Å². The van der Waals surface area contributed by atoms with Gasteiger partial charge in [0.05, 0.1) is 31.3 Å². The van der Waals surface area contributed by atoms with E-state index in [9.17, 15) is 18.3 Å². The van der Waals surface area contributed by atoms with Gasteiger partial charge in [-0.2, -0.15) is 0 Å². The smallest absolute Gasteiger partial charge is 0.326 e. The fourth-order valence-electron chi connectivity index (χ4n) is 0.521. The first kappa shape index (κ1) is 29.3. The number of rotatable bonds is 7. The Labute approximate surface area is 137 Å². The quantitative estimate of drug-likeness (QED) is 0.185. The number of hydrogen-bond donors (Lipinski definition) is 10. The van der Waals surface area contributed by atoms with Crippen molar-refractivity contribution in [3.8, 4) is 0 Å². The van der Waals surface area contributed by atoms with Crippen molar-refractivity contribution in [1.29, 1.82) is 0 Å². The Morgan fingerprint density at radius 3 is 0.708 bits per heavy atom. The summed E-state index contributed by atoms with van der Waals surface area (Å²) in [5.74, 6) is 0. The Morgan fingerprint density at radius 2 is 0.667 bits per heavy atom. The Morgan fingerprint density at radius 1 is 0.542 bits per heavy atom. The highest BCUT2D eigenvalue weighted by Gasteiger charge is 2.21. The molecule has 0 rings (SSSR count). The molecule has 0 aliphatic heterocycles. The lowest BCUT2D eigenvalue weighted by Crippen LogP contribution is -2.02. The summed E-state index contributed by atoms with van der Waals surface area (Å²) in [7, 11) is -17.0. The third kappa shape index (κ3) is 43.3. The highest BCUT2D eigenvalue weighted by atomic mass is 31.2. The minimum atomic E-state index is -4.25. The molecule has 0 unspecified atom stereocenters. The second-order valence-corrected chi connectivity index (χ2v) is 11.2. The Hall–Kier alpha value is 0.520. The van der Waals surface area contributed by atoms with E-state index in [0.717, 1.165) is 0 Å². The number of aliphatic hydroxyl groups is 1. The second-order valence-electron chi connectivity index (χ2n) is 4.07. The summed E-state index contributed by atoms with van der Waals surface area (Å²) in [6.45, 7) is 0.472. The first-order valence-electron chi connectivity index (χ1n) is 5.82. The van der Waals surface area contributed by atoms with E-state index in [1.54, 1.807) is 0 Å². The summed E-state index contributed by atoms with van der Waals surface area (Å²) >= 11 is 0. The number of hydrogen-bond acceptors (Lipinski definition) is 6. The average molecular weight is 441 g/mol. The van der Waals surface area contributed by atoms with Crippen LogP contribution in [-0.4, -0.2) is 82.1 Å². The fourth-order valence-corrected chi connectivity index (χ4v) is 4.69. The SMILES string of the molecule is NCCO.O=P(O)(O)CCP(=O)(O)O.O=P(O)(O)CCP(=O)(O)O. The van der Waals surface area contributed by atoms with Crippen molar-refractivity contribution in [2.24, 2.45) is 5.73 Å². The highest BCUT2D eigenvalue weighted by Crippen LogP contribution is 2.43. The molecule has 150 valence electrons. The van der Waals surface area contributed by atoms with Gasteiger partial charge in [0, 0.05) is 6.54 Å². The van der Waals surface area contributed by atoms with Crippen molar-refractivity contribution in [1.82, 2.24) is 0 Å². The molecular formula is C6H23NO13P4. The van der Waals surface area contributed by atoms with Crippen LogP contribution in [0.4, 0.5) is 0 Å². The predicted molar refractivity (Wildman–Crippen MR) is 83.8 cm³/mol. The van der Waals surface area contributed by atoms with E-state index in [2.05, 4.69) is 0 Å². The van der Waals surface area contributed by atoms with Crippen LogP contribution in [0.25, 0.3) is 0 Å². The number of nitrogens with two attached hydrogens (primary N) is 1. The zero-order valence-corrected chi connectivity index (χ0v) is 15.8. The lowest BCUT2D eigenvalue weighted by molar-refractivity contribution is 0.306. The molecule has 0 heterocycles. The van der Waals surface area contributed by atoms with Crippen molar-refractivity contribution in [2.75, 3.05) is 37.8 Å². The molecule has 0 saturated heterocycles. The maximum Gasteiger partial charge on any atom is 0.326 e. The molecule has 0 aliphatic carbocycles. The van der Waals surface area contributed by atoms with Crippen LogP contribution in [0.15, 0.2) is 0 Å². The summed E-state index contributed by atoms with van der Waals surface area (Å²) in [5, 5.41) is 7.75. The summed E-state index contributed by atoms with van der Waals surface area (Å²) in [6.07, 6.45) is -3.07. The van der Waals surface area contributed by atoms with Crippen LogP contribution in [0, 0.1) is 0 Å². The van der Waals surface area contributed by atoms with Gasteiger partial charge in [0.25, 0.3) is 0 Å². The standard InChI is InChI=1S/C2H7NO.2C2H8O6P2/c3-1-2-4;2*3-9(4,5)1-2-10(6,7)8/h4H,1-3H2;2*1-2H2,(H2,3,4,5)(H2,6,7,8). The third-order valence-corrected chi connectivity index (χ3v) is 5.42. The first-order valence-corrected chi connectivity index (χ1v) is 13.0. The van der Waals surface area contributed by atoms with Crippen LogP contribution in [0.5, 0.6) is 0 Å². The van der Waals surface area contributed by atoms with E-state index >= 15 is 0 Å². The molecule has 11 N–H and O–H groups in total. The highest BCUT2D eigenvalue weighted by molar-refractivity contribution is 7.56. The Kier molecular flexibility index (Phi) is 15.6. The van der Waals surface area contributed by atoms with Crippen molar-refractivity contribution < 1.29 is 62.5 Å². The van der Waals surface area contributed by atoms with Gasteiger partial charge in [0.15, 0.2) is 0 Å². The van der Waals surface area contributed by atoms with E-state index in [-0.39, 0.29) is 6.61 Å². The zero-order chi connectivity index (χ0) is 20.2. The minimum Gasteiger partial charge on any atom is -0.395 e. The summed E-state index contributed by atoms with van der Waals surface area (Å²) < 4.78 is 40.1. The molecule has 0 aromatic rings. The van der Waals surface area contributed by atoms with Gasteiger partial charge >= 0.3 is 30.4 Å². The molecule has 18 heteroatoms. The normalized spacial score (nSPS) is 12.6. The molecule has 0 aliphatic rings. The van der Waals surface area contributed by atoms with Crippen molar-refractivity contribution >= 4 is 30.4 Å². The topological polar surface area (TPSA) is 276 Å². The monoisotopic (exact) mass is 441 g/mol. The van der Waals surface area contributed by atoms with Crippen LogP contribution >= 0.6 is 30.4 Å². The van der Waals surface area contributed by atoms with E-state index in [1.165, 1.54) is 0 Å². The van der Waals surface area contributed by atoms with Crippen molar-refractivity contribution in [3.63, 3.8) is 0 Å². The molecule has 0 saturated carbocycles. The molecule has 0 aromatic carbocycles. The lowest BCUT2D eigenvalue weighted by Gasteiger charge is -2.03. The minimum absolute atomic E-state index is 0.0972. The van der Waals surface area contributed by atoms with Gasteiger partial charge in [-0.3, -0.25) is 18.3 Å². The molecule has 0 bridgehead atoms.